The Morgan fingerprint density at radius 2 is 1.53 bits per heavy atom. The quantitative estimate of drug-likeness (QED) is 0.122. The molecular weight excluding hydrogens is 741 g/mol. The predicted octanol–water partition coefficient (Wildman–Crippen LogP) is 6.80. The third kappa shape index (κ3) is 13.6. The molecule has 58 heavy (non-hydrogen) atoms. The van der Waals surface area contributed by atoms with Crippen molar-refractivity contribution < 1.29 is 53.7 Å². The van der Waals surface area contributed by atoms with Crippen LogP contribution in [0.5, 0.6) is 0 Å². The van der Waals surface area contributed by atoms with E-state index in [1.807, 2.05) is 62.5 Å². The molecule has 0 aromatic carbocycles. The topological polar surface area (TPSA) is 161 Å². The van der Waals surface area contributed by atoms with E-state index in [0.29, 0.717) is 25.7 Å². The number of aliphatic carboxylic acids is 1. The van der Waals surface area contributed by atoms with Crippen LogP contribution in [0.4, 0.5) is 0 Å². The Morgan fingerprint density at radius 3 is 2.34 bits per heavy atom. The first kappa shape index (κ1) is 45.7. The molecule has 320 valence electrons. The number of allylic oxidation sites excluding steroid dienone is 7. The zero-order chi connectivity index (χ0) is 41.6. The first-order valence-corrected chi connectivity index (χ1v) is 21.3. The Morgan fingerprint density at radius 1 is 0.759 bits per heavy atom. The van der Waals surface area contributed by atoms with Gasteiger partial charge in [-0.2, -0.15) is 0 Å². The first-order chi connectivity index (χ1) is 27.9. The smallest absolute Gasteiger partial charge is 0.331 e. The van der Waals surface area contributed by atoms with Gasteiger partial charge in [0.05, 0.1) is 42.7 Å². The van der Waals surface area contributed by atoms with Crippen molar-refractivity contribution in [3.8, 4) is 0 Å². The minimum atomic E-state index is -1.18. The zero-order valence-electron chi connectivity index (χ0n) is 34.5. The van der Waals surface area contributed by atoms with Gasteiger partial charge in [0.25, 0.3) is 0 Å². The lowest BCUT2D eigenvalue weighted by Gasteiger charge is -2.40. The molecule has 15 unspecified atom stereocenters. The highest BCUT2D eigenvalue weighted by molar-refractivity contribution is 5.82. The van der Waals surface area contributed by atoms with Gasteiger partial charge in [-0.15, -0.1) is 0 Å². The molecule has 0 aliphatic carbocycles. The van der Waals surface area contributed by atoms with Gasteiger partial charge in [-0.25, -0.2) is 4.79 Å². The highest BCUT2D eigenvalue weighted by Gasteiger charge is 2.45. The van der Waals surface area contributed by atoms with Gasteiger partial charge in [0.1, 0.15) is 24.4 Å². The van der Waals surface area contributed by atoms with Gasteiger partial charge < -0.3 is 44.1 Å². The summed E-state index contributed by atoms with van der Waals surface area (Å²) in [4.78, 5) is 23.9. The minimum absolute atomic E-state index is 0.0508. The molecule has 6 rings (SSSR count). The molecule has 4 N–H and O–H groups in total. The maximum Gasteiger partial charge on any atom is 0.331 e. The molecule has 11 nitrogen and oxygen atoms in total. The summed E-state index contributed by atoms with van der Waals surface area (Å²) >= 11 is 0. The van der Waals surface area contributed by atoms with Crippen molar-refractivity contribution in [2.45, 2.75) is 165 Å². The number of rotatable bonds is 7. The lowest BCUT2D eigenvalue weighted by atomic mass is 9.85. The lowest BCUT2D eigenvalue weighted by molar-refractivity contribution is -0.175. The summed E-state index contributed by atoms with van der Waals surface area (Å²) in [6, 6.07) is 0. The van der Waals surface area contributed by atoms with Gasteiger partial charge >= 0.3 is 11.9 Å². The average molecular weight is 807 g/mol. The van der Waals surface area contributed by atoms with Crippen LogP contribution in [-0.4, -0.2) is 106 Å². The van der Waals surface area contributed by atoms with E-state index in [2.05, 4.69) is 32.1 Å². The van der Waals surface area contributed by atoms with Gasteiger partial charge in [0.15, 0.2) is 6.10 Å². The maximum atomic E-state index is 13.0. The highest BCUT2D eigenvalue weighted by atomic mass is 16.6. The van der Waals surface area contributed by atoms with E-state index in [-0.39, 0.29) is 67.2 Å². The van der Waals surface area contributed by atoms with Crippen LogP contribution in [0.25, 0.3) is 0 Å². The minimum Gasteiger partial charge on any atom is -0.481 e. The number of ether oxygens (including phenoxy) is 5. The van der Waals surface area contributed by atoms with E-state index in [9.17, 15) is 24.9 Å². The van der Waals surface area contributed by atoms with E-state index in [1.165, 1.54) is 6.08 Å². The molecule has 0 amide bonds. The van der Waals surface area contributed by atoms with Crippen molar-refractivity contribution in [1.82, 2.24) is 0 Å². The van der Waals surface area contributed by atoms with E-state index >= 15 is 0 Å². The number of aliphatic hydroxyl groups is 3. The standard InChI is InChI=1S/C47H66O11/c1-30(17-14-15-23-44(50)51)27-31(2)47-40-26-25-34(54-47)18-10-6-5-7-11-19-35(48)46(53)43-28-36(49)32(3)37(56-43)21-16-22-38-33(4)41-29-42(55-38)39(57-41)20-12-8-9-13-24-45(52)58-40/h6,8-13,16,19-20,22,24-27,30,32-43,46-49,53H,5,7,14-15,17-18,21,23,28-29H2,1-4H3,(H,50,51)/b9-8?,10-6+,19-11+,20-12?,22-16+,24-13-,31-27+. The van der Waals surface area contributed by atoms with Gasteiger partial charge in [0.2, 0.25) is 0 Å². The molecule has 6 aliphatic rings. The maximum absolute atomic E-state index is 13.0. The monoisotopic (exact) mass is 806 g/mol. The first-order valence-electron chi connectivity index (χ1n) is 21.3. The molecule has 11 heteroatoms. The molecule has 3 fully saturated rings. The molecule has 15 atom stereocenters. The fourth-order valence-corrected chi connectivity index (χ4v) is 8.38. The molecule has 0 aromatic heterocycles. The molecule has 7 bridgehead atoms. The summed E-state index contributed by atoms with van der Waals surface area (Å²) in [5, 5.41) is 41.7. The number of carboxylic acid groups (broad SMARTS) is 1. The number of hydrogen-bond donors (Lipinski definition) is 4. The van der Waals surface area contributed by atoms with Crippen LogP contribution in [0.1, 0.15) is 91.9 Å². The van der Waals surface area contributed by atoms with Crippen LogP contribution >= 0.6 is 0 Å². The number of esters is 1. The number of fused-ring (bicyclic) bond motifs is 13. The van der Waals surface area contributed by atoms with Gasteiger partial charge in [-0.05, 0) is 63.0 Å². The van der Waals surface area contributed by atoms with E-state index in [1.54, 1.807) is 18.2 Å². The Bertz CT molecular complexity index is 1570. The molecule has 3 saturated heterocycles. The van der Waals surface area contributed by atoms with Crippen LogP contribution in [0.3, 0.4) is 0 Å². The molecule has 6 heterocycles. The SMILES string of the molecule is C/C(=C\C(C)CCCCC(=O)O)C1OC2C=CC1OC(=O)/C=C\C=CC=CC1OC3CC1OC(/C=C/CC1OC(CC(O)C1C)C(O)C(O)/C=C/CC/C=C/C2)C3C. The van der Waals surface area contributed by atoms with Gasteiger partial charge in [0, 0.05) is 37.2 Å². The largest absolute Gasteiger partial charge is 0.481 e. The van der Waals surface area contributed by atoms with Crippen molar-refractivity contribution >= 4 is 11.9 Å². The van der Waals surface area contributed by atoms with E-state index in [0.717, 1.165) is 31.3 Å². The highest BCUT2D eigenvalue weighted by Crippen LogP contribution is 2.38. The molecule has 0 spiro atoms. The average Bonchev–Trinajstić information content (AvgIpc) is 3.54. The number of aliphatic hydroxyl groups excluding tert-OH is 3. The third-order valence-corrected chi connectivity index (χ3v) is 12.0. The normalized spacial score (nSPS) is 40.6. The number of carbonyl (C=O) groups excluding carboxylic acids is 1. The van der Waals surface area contributed by atoms with E-state index < -0.39 is 48.6 Å². The van der Waals surface area contributed by atoms with Gasteiger partial charge in [-0.1, -0.05) is 106 Å². The fourth-order valence-electron chi connectivity index (χ4n) is 8.38. The predicted molar refractivity (Wildman–Crippen MR) is 222 cm³/mol. The summed E-state index contributed by atoms with van der Waals surface area (Å²) in [5.74, 6) is -1.09. The number of unbranched alkanes of at least 4 members (excludes halogenated alkanes) is 1. The summed E-state index contributed by atoms with van der Waals surface area (Å²) < 4.78 is 31.5. The van der Waals surface area contributed by atoms with Crippen LogP contribution in [0, 0.1) is 17.8 Å². The summed E-state index contributed by atoms with van der Waals surface area (Å²) in [7, 11) is 0. The van der Waals surface area contributed by atoms with Crippen LogP contribution in [0.2, 0.25) is 0 Å². The van der Waals surface area contributed by atoms with Crippen molar-refractivity contribution in [2.24, 2.45) is 17.8 Å². The Balaban J connectivity index is 1.29. The molecule has 0 saturated carbocycles. The second-order valence-corrected chi connectivity index (χ2v) is 16.6. The summed E-state index contributed by atoms with van der Waals surface area (Å²) in [6.07, 6.45) is 28.3. The van der Waals surface area contributed by atoms with Crippen LogP contribution in [-0.2, 0) is 33.3 Å². The second kappa shape index (κ2) is 22.8. The third-order valence-electron chi connectivity index (χ3n) is 12.0. The number of carbonyl (C=O) groups is 2. The Labute approximate surface area is 344 Å². The van der Waals surface area contributed by atoms with Gasteiger partial charge in [-0.3, -0.25) is 4.79 Å². The fraction of sp³-hybridized carbons (Fsp3) is 0.617. The summed E-state index contributed by atoms with van der Waals surface area (Å²) in [6.45, 7) is 8.15. The van der Waals surface area contributed by atoms with Crippen molar-refractivity contribution in [3.63, 3.8) is 0 Å². The van der Waals surface area contributed by atoms with Crippen LogP contribution < -0.4 is 0 Å². The second-order valence-electron chi connectivity index (χ2n) is 16.6. The summed E-state index contributed by atoms with van der Waals surface area (Å²) in [5.41, 5.74) is 0.945. The molecule has 0 radical (unpaired) electrons. The van der Waals surface area contributed by atoms with Crippen molar-refractivity contribution in [3.05, 3.63) is 96.7 Å². The Hall–Kier alpha value is -3.42. The molecule has 0 aromatic rings. The number of hydrogen-bond acceptors (Lipinski definition) is 10. The zero-order valence-corrected chi connectivity index (χ0v) is 34.5. The van der Waals surface area contributed by atoms with Crippen molar-refractivity contribution in [2.75, 3.05) is 0 Å². The lowest BCUT2D eigenvalue weighted by Crippen LogP contribution is -2.50. The number of carboxylic acids is 1. The Kier molecular flexibility index (Phi) is 18.0. The van der Waals surface area contributed by atoms with Crippen molar-refractivity contribution in [1.29, 1.82) is 0 Å². The molecular formula is C47H66O11. The molecule has 6 aliphatic heterocycles. The van der Waals surface area contributed by atoms with Crippen LogP contribution in [0.15, 0.2) is 96.7 Å². The van der Waals surface area contributed by atoms with E-state index in [4.69, 9.17) is 28.8 Å².